The molecule has 1 atom stereocenters. The van der Waals surface area contributed by atoms with Gasteiger partial charge in [0.15, 0.2) is 6.61 Å². The normalized spacial score (nSPS) is 24.1. The number of amides is 1. The van der Waals surface area contributed by atoms with Crippen molar-refractivity contribution in [1.29, 1.82) is 0 Å². The van der Waals surface area contributed by atoms with Gasteiger partial charge >= 0.3 is 12.0 Å². The minimum absolute atomic E-state index is 0.374. The molecule has 0 unspecified atom stereocenters. The first-order chi connectivity index (χ1) is 7.09. The van der Waals surface area contributed by atoms with E-state index in [1.165, 1.54) is 0 Å². The van der Waals surface area contributed by atoms with Gasteiger partial charge in [0.05, 0.1) is 0 Å². The predicted octanol–water partition coefficient (Wildman–Crippen LogP) is 2.10. The largest absolute Gasteiger partial charge is 0.443 e. The minimum Gasteiger partial charge on any atom is -0.443 e. The Morgan fingerprint density at radius 3 is 2.67 bits per heavy atom. The summed E-state index contributed by atoms with van der Waals surface area (Å²) in [5.41, 5.74) is 0.374. The highest BCUT2D eigenvalue weighted by Crippen LogP contribution is 2.34. The lowest BCUT2D eigenvalue weighted by Gasteiger charge is -2.31. The second-order valence-corrected chi connectivity index (χ2v) is 3.33. The third-order valence-electron chi connectivity index (χ3n) is 2.21. The molecule has 0 aliphatic carbocycles. The molecule has 1 aromatic carbocycles. The fourth-order valence-electron chi connectivity index (χ4n) is 1.48. The molecule has 1 saturated heterocycles. The van der Waals surface area contributed by atoms with Gasteiger partial charge in [-0.2, -0.15) is 0 Å². The van der Waals surface area contributed by atoms with Crippen LogP contribution in [0.15, 0.2) is 30.3 Å². The monoisotopic (exact) mass is 213 g/mol. The van der Waals surface area contributed by atoms with Gasteiger partial charge in [0, 0.05) is 0 Å². The number of alkyl carbamates (subject to hydrolysis) is 1. The van der Waals surface area contributed by atoms with Crippen molar-refractivity contribution in [2.45, 2.75) is 12.0 Å². The molecule has 0 spiro atoms. The SMILES string of the molecule is O=C1N[C@@H](c2ccccc2)C(F)(F)CO1. The standard InChI is InChI=1S/C10H9F2NO2/c11-10(12)6-15-9(14)13-8(10)7-4-2-1-3-5-7/h1-5,8H,6H2,(H,13,14)/t8-/m0/s1. The Balaban J connectivity index is 2.29. The third-order valence-corrected chi connectivity index (χ3v) is 2.21. The molecule has 2 rings (SSSR count). The molecule has 1 aliphatic rings. The molecule has 0 aromatic heterocycles. The number of ether oxygens (including phenoxy) is 1. The number of cyclic esters (lactones) is 1. The Bertz CT molecular complexity index is 367. The van der Waals surface area contributed by atoms with Gasteiger partial charge in [-0.15, -0.1) is 0 Å². The summed E-state index contributed by atoms with van der Waals surface area (Å²) in [5.74, 6) is -3.07. The van der Waals surface area contributed by atoms with Gasteiger partial charge in [0.25, 0.3) is 0 Å². The zero-order valence-electron chi connectivity index (χ0n) is 7.74. The number of hydrogen-bond acceptors (Lipinski definition) is 2. The number of halogens is 2. The van der Waals surface area contributed by atoms with Crippen LogP contribution in [-0.2, 0) is 4.74 Å². The molecular formula is C10H9F2NO2. The number of nitrogens with one attached hydrogen (secondary N) is 1. The van der Waals surface area contributed by atoms with Gasteiger partial charge in [-0.05, 0) is 5.56 Å². The third kappa shape index (κ3) is 1.91. The lowest BCUT2D eigenvalue weighted by molar-refractivity contribution is -0.104. The molecule has 0 bridgehead atoms. The number of carbonyl (C=O) groups is 1. The van der Waals surface area contributed by atoms with Gasteiger partial charge in [0.1, 0.15) is 6.04 Å². The van der Waals surface area contributed by atoms with Crippen LogP contribution in [-0.4, -0.2) is 18.6 Å². The van der Waals surface area contributed by atoms with Crippen LogP contribution in [0.2, 0.25) is 0 Å². The van der Waals surface area contributed by atoms with E-state index < -0.39 is 24.7 Å². The van der Waals surface area contributed by atoms with Gasteiger partial charge in [-0.25, -0.2) is 13.6 Å². The first-order valence-electron chi connectivity index (χ1n) is 4.46. The Morgan fingerprint density at radius 2 is 2.00 bits per heavy atom. The predicted molar refractivity (Wildman–Crippen MR) is 48.6 cm³/mol. The van der Waals surface area contributed by atoms with Crippen molar-refractivity contribution >= 4 is 6.09 Å². The van der Waals surface area contributed by atoms with E-state index >= 15 is 0 Å². The van der Waals surface area contributed by atoms with Crippen LogP contribution in [0.25, 0.3) is 0 Å². The van der Waals surface area contributed by atoms with Crippen molar-refractivity contribution in [3.05, 3.63) is 35.9 Å². The van der Waals surface area contributed by atoms with Crippen LogP contribution in [0.4, 0.5) is 13.6 Å². The number of rotatable bonds is 1. The summed E-state index contributed by atoms with van der Waals surface area (Å²) in [6, 6.07) is 6.80. The lowest BCUT2D eigenvalue weighted by Crippen LogP contribution is -2.49. The fourth-order valence-corrected chi connectivity index (χ4v) is 1.48. The summed E-state index contributed by atoms with van der Waals surface area (Å²) in [6.45, 7) is -0.877. The smallest absolute Gasteiger partial charge is 0.408 e. The second kappa shape index (κ2) is 3.49. The summed E-state index contributed by atoms with van der Waals surface area (Å²) < 4.78 is 31.0. The first kappa shape index (κ1) is 9.89. The van der Waals surface area contributed by atoms with E-state index in [1.54, 1.807) is 30.3 Å². The average molecular weight is 213 g/mol. The zero-order chi connectivity index (χ0) is 10.9. The molecule has 0 saturated carbocycles. The van der Waals surface area contributed by atoms with Crippen LogP contribution in [0, 0.1) is 0 Å². The van der Waals surface area contributed by atoms with E-state index in [0.717, 1.165) is 0 Å². The highest BCUT2D eigenvalue weighted by molar-refractivity contribution is 5.69. The Morgan fingerprint density at radius 1 is 1.33 bits per heavy atom. The van der Waals surface area contributed by atoms with Gasteiger partial charge in [0.2, 0.25) is 0 Å². The second-order valence-electron chi connectivity index (χ2n) is 3.33. The van der Waals surface area contributed by atoms with Gasteiger partial charge < -0.3 is 10.1 Å². The Labute approximate surface area is 85.0 Å². The molecule has 1 N–H and O–H groups in total. The van der Waals surface area contributed by atoms with Crippen molar-refractivity contribution in [2.75, 3.05) is 6.61 Å². The maximum atomic E-state index is 13.4. The van der Waals surface area contributed by atoms with Crippen molar-refractivity contribution in [3.8, 4) is 0 Å². The van der Waals surface area contributed by atoms with Crippen molar-refractivity contribution in [3.63, 3.8) is 0 Å². The van der Waals surface area contributed by atoms with Crippen LogP contribution in [0.3, 0.4) is 0 Å². The first-order valence-corrected chi connectivity index (χ1v) is 4.46. The van der Waals surface area contributed by atoms with E-state index in [2.05, 4.69) is 10.1 Å². The summed E-state index contributed by atoms with van der Waals surface area (Å²) in [6.07, 6.45) is -0.810. The van der Waals surface area contributed by atoms with E-state index in [4.69, 9.17) is 0 Å². The Hall–Kier alpha value is -1.65. The Kier molecular flexibility index (Phi) is 2.30. The van der Waals surface area contributed by atoms with E-state index in [-0.39, 0.29) is 0 Å². The summed E-state index contributed by atoms with van der Waals surface area (Å²) >= 11 is 0. The molecule has 15 heavy (non-hydrogen) atoms. The van der Waals surface area contributed by atoms with Crippen molar-refractivity contribution < 1.29 is 18.3 Å². The number of benzene rings is 1. The maximum Gasteiger partial charge on any atom is 0.408 e. The number of hydrogen-bond donors (Lipinski definition) is 1. The van der Waals surface area contributed by atoms with Crippen LogP contribution < -0.4 is 5.32 Å². The molecule has 1 heterocycles. The van der Waals surface area contributed by atoms with Crippen molar-refractivity contribution in [1.82, 2.24) is 5.32 Å². The van der Waals surface area contributed by atoms with Crippen LogP contribution in [0.1, 0.15) is 11.6 Å². The van der Waals surface area contributed by atoms with Gasteiger partial charge in [-0.1, -0.05) is 30.3 Å². The minimum atomic E-state index is -3.07. The molecule has 3 nitrogen and oxygen atoms in total. The molecule has 1 aliphatic heterocycles. The van der Waals surface area contributed by atoms with Crippen molar-refractivity contribution in [2.24, 2.45) is 0 Å². The number of carbonyl (C=O) groups excluding carboxylic acids is 1. The summed E-state index contributed by atoms with van der Waals surface area (Å²) in [5, 5.41) is 2.11. The highest BCUT2D eigenvalue weighted by Gasteiger charge is 2.46. The zero-order valence-corrected chi connectivity index (χ0v) is 7.74. The van der Waals surface area contributed by atoms with Crippen LogP contribution in [0.5, 0.6) is 0 Å². The maximum absolute atomic E-state index is 13.4. The molecule has 1 amide bonds. The average Bonchev–Trinajstić information content (AvgIpc) is 2.23. The molecule has 0 radical (unpaired) electrons. The van der Waals surface area contributed by atoms with Gasteiger partial charge in [-0.3, -0.25) is 0 Å². The fraction of sp³-hybridized carbons (Fsp3) is 0.300. The molecular weight excluding hydrogens is 204 g/mol. The molecule has 1 aromatic rings. The summed E-state index contributed by atoms with van der Waals surface area (Å²) in [7, 11) is 0. The number of alkyl halides is 2. The van der Waals surface area contributed by atoms with Crippen LogP contribution >= 0.6 is 0 Å². The summed E-state index contributed by atoms with van der Waals surface area (Å²) in [4.78, 5) is 10.9. The highest BCUT2D eigenvalue weighted by atomic mass is 19.3. The van der Waals surface area contributed by atoms with E-state index in [0.29, 0.717) is 5.56 Å². The molecule has 5 heteroatoms. The molecule has 80 valence electrons. The molecule has 1 fully saturated rings. The lowest BCUT2D eigenvalue weighted by atomic mass is 10.0. The van der Waals surface area contributed by atoms with E-state index in [1.807, 2.05) is 0 Å². The topological polar surface area (TPSA) is 38.3 Å². The quantitative estimate of drug-likeness (QED) is 0.775. The van der Waals surface area contributed by atoms with E-state index in [9.17, 15) is 13.6 Å².